The Bertz CT molecular complexity index is 449. The number of methoxy groups -OCH3 is 2. The molecule has 104 valence electrons. The number of aliphatic imine (C=N–C) groups is 1. The molecule has 2 N–H and O–H groups in total. The van der Waals surface area contributed by atoms with Gasteiger partial charge in [-0.2, -0.15) is 0 Å². The summed E-state index contributed by atoms with van der Waals surface area (Å²) in [5.74, 6) is 0. The van der Waals surface area contributed by atoms with Crippen LogP contribution in [0.3, 0.4) is 0 Å². The summed E-state index contributed by atoms with van der Waals surface area (Å²) in [7, 11) is 3.47. The predicted octanol–water partition coefficient (Wildman–Crippen LogP) is 0.934. The molecule has 19 heavy (non-hydrogen) atoms. The zero-order valence-corrected chi connectivity index (χ0v) is 12.0. The van der Waals surface area contributed by atoms with Gasteiger partial charge >= 0.3 is 0 Å². The molecule has 1 fully saturated rings. The minimum absolute atomic E-state index is 0.119. The minimum atomic E-state index is 0.119. The van der Waals surface area contributed by atoms with Gasteiger partial charge in [0.25, 0.3) is 0 Å². The number of likely N-dealkylation sites (tertiary alicyclic amines) is 1. The molecule has 2 aliphatic heterocycles. The van der Waals surface area contributed by atoms with E-state index in [4.69, 9.17) is 20.2 Å². The zero-order chi connectivity index (χ0) is 13.4. The van der Waals surface area contributed by atoms with Crippen molar-refractivity contribution in [2.45, 2.75) is 24.7 Å². The number of nitrogens with two attached hydrogens (primary N) is 1. The van der Waals surface area contributed by atoms with Crippen molar-refractivity contribution in [2.75, 3.05) is 27.3 Å². The standard InChI is InChI=1S/C13H19N3O2S/c1-17-10-6-16(7-11(10)18-2)13-15-9-4-3-8(14)5-12(9)19-13/h3,5,9-11H,4,6-7,14H2,1-2H3/t9?,10-,11+. The molecule has 0 aromatic rings. The van der Waals surface area contributed by atoms with Crippen molar-refractivity contribution in [2.24, 2.45) is 10.7 Å². The van der Waals surface area contributed by atoms with Crippen LogP contribution in [0.25, 0.3) is 0 Å². The van der Waals surface area contributed by atoms with Gasteiger partial charge in [0.1, 0.15) is 12.2 Å². The van der Waals surface area contributed by atoms with Gasteiger partial charge < -0.3 is 20.1 Å². The van der Waals surface area contributed by atoms with Crippen LogP contribution >= 0.6 is 11.8 Å². The van der Waals surface area contributed by atoms with E-state index >= 15 is 0 Å². The van der Waals surface area contributed by atoms with Crippen LogP contribution < -0.4 is 5.73 Å². The highest BCUT2D eigenvalue weighted by molar-refractivity contribution is 8.17. The lowest BCUT2D eigenvalue weighted by molar-refractivity contribution is -0.00461. The Labute approximate surface area is 117 Å². The number of thioether (sulfide) groups is 1. The molecule has 0 radical (unpaired) electrons. The molecule has 5 nitrogen and oxygen atoms in total. The average Bonchev–Trinajstić information content (AvgIpc) is 3.00. The van der Waals surface area contributed by atoms with Crippen LogP contribution in [-0.2, 0) is 9.47 Å². The van der Waals surface area contributed by atoms with Gasteiger partial charge in [0.15, 0.2) is 5.17 Å². The van der Waals surface area contributed by atoms with Gasteiger partial charge in [-0.25, -0.2) is 0 Å². The number of fused-ring (bicyclic) bond motifs is 1. The van der Waals surface area contributed by atoms with Crippen LogP contribution in [0.2, 0.25) is 0 Å². The van der Waals surface area contributed by atoms with Crippen molar-refractivity contribution in [3.8, 4) is 0 Å². The number of allylic oxidation sites excluding steroid dienone is 1. The van der Waals surface area contributed by atoms with Gasteiger partial charge in [-0.3, -0.25) is 4.99 Å². The van der Waals surface area contributed by atoms with E-state index in [-0.39, 0.29) is 18.2 Å². The third kappa shape index (κ3) is 2.40. The summed E-state index contributed by atoms with van der Waals surface area (Å²) >= 11 is 1.73. The van der Waals surface area contributed by atoms with Gasteiger partial charge in [0.05, 0.1) is 6.04 Å². The number of nitrogens with zero attached hydrogens (tertiary/aromatic N) is 2. The normalized spacial score (nSPS) is 33.9. The Morgan fingerprint density at radius 3 is 2.63 bits per heavy atom. The summed E-state index contributed by atoms with van der Waals surface area (Å²) in [4.78, 5) is 8.30. The van der Waals surface area contributed by atoms with E-state index in [1.807, 2.05) is 12.2 Å². The molecule has 6 heteroatoms. The predicted molar refractivity (Wildman–Crippen MR) is 77.0 cm³/mol. The summed E-state index contributed by atoms with van der Waals surface area (Å²) in [5.41, 5.74) is 6.69. The van der Waals surface area contributed by atoms with E-state index in [0.29, 0.717) is 0 Å². The lowest BCUT2D eigenvalue weighted by Crippen LogP contribution is -2.27. The molecule has 3 atom stereocenters. The highest BCUT2D eigenvalue weighted by Gasteiger charge is 2.38. The van der Waals surface area contributed by atoms with Crippen molar-refractivity contribution in [1.82, 2.24) is 4.90 Å². The number of amidine groups is 1. The second-order valence-corrected chi connectivity index (χ2v) is 6.01. The van der Waals surface area contributed by atoms with E-state index < -0.39 is 0 Å². The largest absolute Gasteiger partial charge is 0.399 e. The Kier molecular flexibility index (Phi) is 3.56. The van der Waals surface area contributed by atoms with Gasteiger partial charge in [-0.15, -0.1) is 0 Å². The van der Waals surface area contributed by atoms with Crippen LogP contribution in [0.5, 0.6) is 0 Å². The fourth-order valence-electron chi connectivity index (χ4n) is 2.66. The molecular formula is C13H19N3O2S. The highest BCUT2D eigenvalue weighted by Crippen LogP contribution is 2.38. The Balaban J connectivity index is 1.71. The average molecular weight is 281 g/mol. The molecule has 1 aliphatic carbocycles. The number of rotatable bonds is 2. The Hall–Kier alpha value is -0.980. The fourth-order valence-corrected chi connectivity index (χ4v) is 3.81. The number of hydrogen-bond acceptors (Lipinski definition) is 6. The van der Waals surface area contributed by atoms with E-state index in [2.05, 4.69) is 4.90 Å². The summed E-state index contributed by atoms with van der Waals surface area (Å²) in [6, 6.07) is 0.259. The van der Waals surface area contributed by atoms with E-state index in [9.17, 15) is 0 Å². The third-order valence-electron chi connectivity index (χ3n) is 3.78. The molecule has 0 spiro atoms. The molecule has 0 bridgehead atoms. The maximum absolute atomic E-state index is 5.84. The van der Waals surface area contributed by atoms with Crippen molar-refractivity contribution in [1.29, 1.82) is 0 Å². The molecule has 0 aromatic heterocycles. The number of hydrogen-bond donors (Lipinski definition) is 1. The van der Waals surface area contributed by atoms with Gasteiger partial charge in [-0.1, -0.05) is 17.8 Å². The van der Waals surface area contributed by atoms with Crippen LogP contribution in [0.15, 0.2) is 27.7 Å². The van der Waals surface area contributed by atoms with Crippen molar-refractivity contribution < 1.29 is 9.47 Å². The van der Waals surface area contributed by atoms with Crippen molar-refractivity contribution >= 4 is 16.9 Å². The maximum atomic E-state index is 5.84. The first-order valence-electron chi connectivity index (χ1n) is 6.44. The van der Waals surface area contributed by atoms with E-state index in [0.717, 1.165) is 30.4 Å². The molecule has 0 aromatic carbocycles. The third-order valence-corrected chi connectivity index (χ3v) is 4.95. The smallest absolute Gasteiger partial charge is 0.164 e. The SMILES string of the molecule is CO[C@H]1CN(C2=NC3CC=C(N)C=C3S2)C[C@H]1OC. The zero-order valence-electron chi connectivity index (χ0n) is 11.2. The van der Waals surface area contributed by atoms with E-state index in [1.165, 1.54) is 4.91 Å². The van der Waals surface area contributed by atoms with Gasteiger partial charge in [0.2, 0.25) is 0 Å². The second-order valence-electron chi connectivity index (χ2n) is 4.97. The molecule has 1 saturated heterocycles. The van der Waals surface area contributed by atoms with E-state index in [1.54, 1.807) is 26.0 Å². The van der Waals surface area contributed by atoms with Gasteiger partial charge in [0, 0.05) is 37.9 Å². The van der Waals surface area contributed by atoms with Crippen molar-refractivity contribution in [3.05, 3.63) is 22.8 Å². The van der Waals surface area contributed by atoms with Gasteiger partial charge in [-0.05, 0) is 12.5 Å². The quantitative estimate of drug-likeness (QED) is 0.816. The first-order valence-corrected chi connectivity index (χ1v) is 7.26. The monoisotopic (exact) mass is 281 g/mol. The molecule has 2 heterocycles. The van der Waals surface area contributed by atoms with Crippen LogP contribution in [0.1, 0.15) is 6.42 Å². The minimum Gasteiger partial charge on any atom is -0.399 e. The second kappa shape index (κ2) is 5.19. The molecule has 0 amide bonds. The van der Waals surface area contributed by atoms with Crippen LogP contribution in [0.4, 0.5) is 0 Å². The molecular weight excluding hydrogens is 262 g/mol. The van der Waals surface area contributed by atoms with Crippen molar-refractivity contribution in [3.63, 3.8) is 0 Å². The topological polar surface area (TPSA) is 60.1 Å². The summed E-state index contributed by atoms with van der Waals surface area (Å²) in [5, 5.41) is 1.07. The summed E-state index contributed by atoms with van der Waals surface area (Å²) in [6.07, 6.45) is 5.22. The Morgan fingerprint density at radius 2 is 2.00 bits per heavy atom. The fraction of sp³-hybridized carbons (Fsp3) is 0.615. The lowest BCUT2D eigenvalue weighted by atomic mass is 10.1. The molecule has 3 aliphatic rings. The maximum Gasteiger partial charge on any atom is 0.164 e. The van der Waals surface area contributed by atoms with Crippen LogP contribution in [-0.4, -0.2) is 55.6 Å². The first kappa shape index (κ1) is 13.0. The highest BCUT2D eigenvalue weighted by atomic mass is 32.2. The van der Waals surface area contributed by atoms with Crippen LogP contribution in [0, 0.1) is 0 Å². The number of ether oxygens (including phenoxy) is 2. The molecule has 0 saturated carbocycles. The lowest BCUT2D eigenvalue weighted by Gasteiger charge is -2.16. The molecule has 3 rings (SSSR count). The Morgan fingerprint density at radius 1 is 1.32 bits per heavy atom. The first-order chi connectivity index (χ1) is 9.21. The summed E-state index contributed by atoms with van der Waals surface area (Å²) in [6.45, 7) is 1.67. The molecule has 1 unspecified atom stereocenters. The summed E-state index contributed by atoms with van der Waals surface area (Å²) < 4.78 is 10.9.